The zero-order chi connectivity index (χ0) is 12.6. The molecule has 0 aliphatic heterocycles. The molecule has 1 aromatic rings. The molecule has 1 saturated carbocycles. The average molecular weight is 254 g/mol. The van der Waals surface area contributed by atoms with Gasteiger partial charge in [0.2, 0.25) is 10.0 Å². The van der Waals surface area contributed by atoms with Crippen molar-refractivity contribution >= 4 is 15.7 Å². The van der Waals surface area contributed by atoms with Crippen molar-refractivity contribution < 1.29 is 8.42 Å². The van der Waals surface area contributed by atoms with Gasteiger partial charge in [-0.2, -0.15) is 0 Å². The molecule has 1 fully saturated rings. The number of rotatable bonds is 3. The highest BCUT2D eigenvalue weighted by Gasteiger charge is 2.30. The van der Waals surface area contributed by atoms with Crippen LogP contribution in [0.1, 0.15) is 25.3 Å². The number of nitrogens with one attached hydrogen (secondary N) is 1. The standard InChI is InChI=1S/C12H18N2O2S/c1-8-6-10(7-8)14-17(15,16)12-5-3-4-11(13)9(12)2/h3-5,8,10,14H,6-7,13H2,1-2H3. The van der Waals surface area contributed by atoms with Gasteiger partial charge in [-0.05, 0) is 43.4 Å². The van der Waals surface area contributed by atoms with Gasteiger partial charge in [0.25, 0.3) is 0 Å². The van der Waals surface area contributed by atoms with E-state index in [1.165, 1.54) is 0 Å². The molecule has 4 nitrogen and oxygen atoms in total. The van der Waals surface area contributed by atoms with E-state index in [1.54, 1.807) is 25.1 Å². The van der Waals surface area contributed by atoms with E-state index in [0.29, 0.717) is 17.2 Å². The van der Waals surface area contributed by atoms with Gasteiger partial charge in [-0.3, -0.25) is 0 Å². The lowest BCUT2D eigenvalue weighted by Crippen LogP contribution is -2.43. The van der Waals surface area contributed by atoms with Crippen LogP contribution >= 0.6 is 0 Å². The maximum atomic E-state index is 12.1. The molecule has 0 radical (unpaired) electrons. The van der Waals surface area contributed by atoms with Gasteiger partial charge in [-0.1, -0.05) is 13.0 Å². The quantitative estimate of drug-likeness (QED) is 0.806. The fraction of sp³-hybridized carbons (Fsp3) is 0.500. The summed E-state index contributed by atoms with van der Waals surface area (Å²) in [6.07, 6.45) is 1.83. The van der Waals surface area contributed by atoms with Gasteiger partial charge in [-0.15, -0.1) is 0 Å². The summed E-state index contributed by atoms with van der Waals surface area (Å²) >= 11 is 0. The lowest BCUT2D eigenvalue weighted by atomic mass is 9.83. The minimum Gasteiger partial charge on any atom is -0.398 e. The Morgan fingerprint density at radius 3 is 2.59 bits per heavy atom. The molecule has 0 spiro atoms. The van der Waals surface area contributed by atoms with Crippen molar-refractivity contribution in [2.45, 2.75) is 37.6 Å². The molecule has 0 bridgehead atoms. The predicted octanol–water partition coefficient (Wildman–Crippen LogP) is 1.65. The van der Waals surface area contributed by atoms with E-state index >= 15 is 0 Å². The Morgan fingerprint density at radius 1 is 1.35 bits per heavy atom. The molecule has 17 heavy (non-hydrogen) atoms. The molecular weight excluding hydrogens is 236 g/mol. The highest BCUT2D eigenvalue weighted by molar-refractivity contribution is 7.89. The van der Waals surface area contributed by atoms with Crippen molar-refractivity contribution in [3.05, 3.63) is 23.8 Å². The van der Waals surface area contributed by atoms with Gasteiger partial charge in [-0.25, -0.2) is 13.1 Å². The number of hydrogen-bond donors (Lipinski definition) is 2. The van der Waals surface area contributed by atoms with Crippen LogP contribution in [0, 0.1) is 12.8 Å². The fourth-order valence-corrected chi connectivity index (χ4v) is 3.74. The van der Waals surface area contributed by atoms with Gasteiger partial charge < -0.3 is 5.73 Å². The number of hydrogen-bond acceptors (Lipinski definition) is 3. The van der Waals surface area contributed by atoms with Crippen molar-refractivity contribution in [3.8, 4) is 0 Å². The summed E-state index contributed by atoms with van der Waals surface area (Å²) in [7, 11) is -3.43. The Balaban J connectivity index is 2.23. The van der Waals surface area contributed by atoms with Crippen molar-refractivity contribution in [1.29, 1.82) is 0 Å². The lowest BCUT2D eigenvalue weighted by Gasteiger charge is -2.33. The molecule has 0 aromatic heterocycles. The third-order valence-electron chi connectivity index (χ3n) is 3.31. The smallest absolute Gasteiger partial charge is 0.241 e. The molecular formula is C12H18N2O2S. The molecule has 0 saturated heterocycles. The molecule has 0 unspecified atom stereocenters. The minimum atomic E-state index is -3.43. The monoisotopic (exact) mass is 254 g/mol. The molecule has 1 aromatic carbocycles. The summed E-state index contributed by atoms with van der Waals surface area (Å²) in [4.78, 5) is 0.289. The Kier molecular flexibility index (Phi) is 3.14. The van der Waals surface area contributed by atoms with Gasteiger partial charge >= 0.3 is 0 Å². The molecule has 1 aliphatic rings. The van der Waals surface area contributed by atoms with Crippen molar-refractivity contribution in [3.63, 3.8) is 0 Å². The molecule has 0 heterocycles. The summed E-state index contributed by atoms with van der Waals surface area (Å²) in [5.74, 6) is 0.615. The predicted molar refractivity (Wildman–Crippen MR) is 68.1 cm³/mol. The second-order valence-corrected chi connectivity index (χ2v) is 6.55. The largest absolute Gasteiger partial charge is 0.398 e. The molecule has 2 rings (SSSR count). The number of nitrogen functional groups attached to an aromatic ring is 1. The normalized spacial score (nSPS) is 24.4. The number of anilines is 1. The lowest BCUT2D eigenvalue weighted by molar-refractivity contribution is 0.270. The van der Waals surface area contributed by atoms with Crippen LogP contribution in [0.4, 0.5) is 5.69 Å². The highest BCUT2D eigenvalue weighted by atomic mass is 32.2. The highest BCUT2D eigenvalue weighted by Crippen LogP contribution is 2.28. The SMILES string of the molecule is Cc1c(N)cccc1S(=O)(=O)NC1CC(C)C1. The topological polar surface area (TPSA) is 72.2 Å². The van der Waals surface area contributed by atoms with Crippen LogP contribution in [0.2, 0.25) is 0 Å². The third-order valence-corrected chi connectivity index (χ3v) is 4.98. The Bertz CT molecular complexity index is 519. The Hall–Kier alpha value is -1.07. The van der Waals surface area contributed by atoms with E-state index in [4.69, 9.17) is 5.73 Å². The molecule has 5 heteroatoms. The second kappa shape index (κ2) is 4.31. The first-order valence-corrected chi connectivity index (χ1v) is 7.26. The molecule has 0 atom stereocenters. The first-order chi connectivity index (χ1) is 7.90. The zero-order valence-corrected chi connectivity index (χ0v) is 10.9. The van der Waals surface area contributed by atoms with Crippen LogP contribution in [-0.2, 0) is 10.0 Å². The third kappa shape index (κ3) is 2.45. The summed E-state index contributed by atoms with van der Waals surface area (Å²) in [6.45, 7) is 3.85. The maximum Gasteiger partial charge on any atom is 0.241 e. The molecule has 0 amide bonds. The first-order valence-electron chi connectivity index (χ1n) is 5.77. The Labute approximate surface area is 102 Å². The van der Waals surface area contributed by atoms with Crippen LogP contribution in [0.15, 0.2) is 23.1 Å². The number of benzene rings is 1. The van der Waals surface area contributed by atoms with E-state index in [0.717, 1.165) is 12.8 Å². The summed E-state index contributed by atoms with van der Waals surface area (Å²) in [5.41, 5.74) is 6.85. The van der Waals surface area contributed by atoms with Gasteiger partial charge in [0.15, 0.2) is 0 Å². The van der Waals surface area contributed by atoms with E-state index < -0.39 is 10.0 Å². The van der Waals surface area contributed by atoms with Crippen LogP contribution in [0.25, 0.3) is 0 Å². The van der Waals surface area contributed by atoms with Crippen LogP contribution in [0.5, 0.6) is 0 Å². The van der Waals surface area contributed by atoms with E-state index in [-0.39, 0.29) is 10.9 Å². The van der Waals surface area contributed by atoms with Crippen molar-refractivity contribution in [2.75, 3.05) is 5.73 Å². The van der Waals surface area contributed by atoms with Crippen LogP contribution < -0.4 is 10.5 Å². The fourth-order valence-electron chi connectivity index (χ4n) is 2.20. The summed E-state index contributed by atoms with van der Waals surface area (Å²) < 4.78 is 27.0. The van der Waals surface area contributed by atoms with E-state index in [1.807, 2.05) is 0 Å². The van der Waals surface area contributed by atoms with Crippen LogP contribution in [-0.4, -0.2) is 14.5 Å². The van der Waals surface area contributed by atoms with E-state index in [9.17, 15) is 8.42 Å². The van der Waals surface area contributed by atoms with Crippen molar-refractivity contribution in [2.24, 2.45) is 5.92 Å². The maximum absolute atomic E-state index is 12.1. The van der Waals surface area contributed by atoms with Gasteiger partial charge in [0.1, 0.15) is 0 Å². The van der Waals surface area contributed by atoms with Crippen molar-refractivity contribution in [1.82, 2.24) is 4.72 Å². The molecule has 1 aliphatic carbocycles. The van der Waals surface area contributed by atoms with E-state index in [2.05, 4.69) is 11.6 Å². The summed E-state index contributed by atoms with van der Waals surface area (Å²) in [6, 6.07) is 5.05. The van der Waals surface area contributed by atoms with Crippen LogP contribution in [0.3, 0.4) is 0 Å². The molecule has 94 valence electrons. The average Bonchev–Trinajstić information content (AvgIpc) is 2.19. The Morgan fingerprint density at radius 2 is 2.00 bits per heavy atom. The first kappa shape index (κ1) is 12.4. The number of sulfonamides is 1. The summed E-state index contributed by atoms with van der Waals surface area (Å²) in [5, 5.41) is 0. The van der Waals surface area contributed by atoms with Gasteiger partial charge in [0.05, 0.1) is 4.90 Å². The number of nitrogens with two attached hydrogens (primary N) is 1. The second-order valence-electron chi connectivity index (χ2n) is 4.87. The molecule has 3 N–H and O–H groups in total. The van der Waals surface area contributed by atoms with Gasteiger partial charge in [0, 0.05) is 11.7 Å². The minimum absolute atomic E-state index is 0.0795. The zero-order valence-electron chi connectivity index (χ0n) is 10.1.